The SMILES string of the molecule is CC[C@H](C)c1ccc(NC(=O)N2CCC[C@H](C)C2)cc1. The molecule has 110 valence electrons. The second kappa shape index (κ2) is 6.78. The van der Waals surface area contributed by atoms with E-state index in [1.165, 1.54) is 12.0 Å². The number of likely N-dealkylation sites (tertiary alicyclic amines) is 1. The lowest BCUT2D eigenvalue weighted by atomic mass is 9.98. The number of nitrogens with zero attached hydrogens (tertiary/aromatic N) is 1. The van der Waals surface area contributed by atoms with E-state index in [4.69, 9.17) is 0 Å². The van der Waals surface area contributed by atoms with Crippen molar-refractivity contribution in [2.45, 2.75) is 46.0 Å². The van der Waals surface area contributed by atoms with E-state index in [1.54, 1.807) is 0 Å². The van der Waals surface area contributed by atoms with Crippen LogP contribution in [-0.4, -0.2) is 24.0 Å². The molecule has 0 aromatic heterocycles. The van der Waals surface area contributed by atoms with Crippen LogP contribution in [0.25, 0.3) is 0 Å². The van der Waals surface area contributed by atoms with Gasteiger partial charge in [-0.25, -0.2) is 4.79 Å². The van der Waals surface area contributed by atoms with Crippen molar-refractivity contribution in [3.05, 3.63) is 29.8 Å². The highest BCUT2D eigenvalue weighted by molar-refractivity contribution is 5.89. The van der Waals surface area contributed by atoms with Crippen molar-refractivity contribution in [2.24, 2.45) is 5.92 Å². The fraction of sp³-hybridized carbons (Fsp3) is 0.588. The largest absolute Gasteiger partial charge is 0.324 e. The van der Waals surface area contributed by atoms with Crippen molar-refractivity contribution >= 4 is 11.7 Å². The van der Waals surface area contributed by atoms with E-state index in [1.807, 2.05) is 17.0 Å². The highest BCUT2D eigenvalue weighted by atomic mass is 16.2. The van der Waals surface area contributed by atoms with E-state index in [-0.39, 0.29) is 6.03 Å². The first-order chi connectivity index (χ1) is 9.60. The number of hydrogen-bond acceptors (Lipinski definition) is 1. The summed E-state index contributed by atoms with van der Waals surface area (Å²) in [6, 6.07) is 8.28. The standard InChI is InChI=1S/C17H26N2O/c1-4-14(3)15-7-9-16(10-8-15)18-17(20)19-11-5-6-13(2)12-19/h7-10,13-14H,4-6,11-12H2,1-3H3,(H,18,20)/t13-,14-/m0/s1. The van der Waals surface area contributed by atoms with Crippen LogP contribution < -0.4 is 5.32 Å². The number of urea groups is 1. The molecule has 0 aliphatic carbocycles. The molecular formula is C17H26N2O. The van der Waals surface area contributed by atoms with Gasteiger partial charge in [0.25, 0.3) is 0 Å². The lowest BCUT2D eigenvalue weighted by Gasteiger charge is -2.30. The van der Waals surface area contributed by atoms with Crippen molar-refractivity contribution < 1.29 is 4.79 Å². The maximum atomic E-state index is 12.2. The second-order valence-electron chi connectivity index (χ2n) is 6.05. The van der Waals surface area contributed by atoms with Crippen molar-refractivity contribution in [1.82, 2.24) is 4.90 Å². The maximum Gasteiger partial charge on any atom is 0.321 e. The summed E-state index contributed by atoms with van der Waals surface area (Å²) in [7, 11) is 0. The average molecular weight is 274 g/mol. The van der Waals surface area contributed by atoms with E-state index >= 15 is 0 Å². The number of nitrogens with one attached hydrogen (secondary N) is 1. The summed E-state index contributed by atoms with van der Waals surface area (Å²) in [5.74, 6) is 1.19. The molecule has 0 bridgehead atoms. The molecule has 2 amide bonds. The van der Waals surface area contributed by atoms with Gasteiger partial charge in [-0.3, -0.25) is 0 Å². The lowest BCUT2D eigenvalue weighted by molar-refractivity contribution is 0.182. The van der Waals surface area contributed by atoms with Crippen LogP contribution in [0.1, 0.15) is 51.5 Å². The normalized spacial score (nSPS) is 20.6. The van der Waals surface area contributed by atoms with Crippen LogP contribution in [0.3, 0.4) is 0 Å². The highest BCUT2D eigenvalue weighted by Gasteiger charge is 2.20. The van der Waals surface area contributed by atoms with Crippen LogP contribution in [-0.2, 0) is 0 Å². The highest BCUT2D eigenvalue weighted by Crippen LogP contribution is 2.21. The van der Waals surface area contributed by atoms with E-state index in [2.05, 4.69) is 38.2 Å². The summed E-state index contributed by atoms with van der Waals surface area (Å²) in [4.78, 5) is 14.1. The van der Waals surface area contributed by atoms with E-state index in [0.29, 0.717) is 11.8 Å². The second-order valence-corrected chi connectivity index (χ2v) is 6.05. The van der Waals surface area contributed by atoms with Gasteiger partial charge in [0.2, 0.25) is 0 Å². The molecule has 3 nitrogen and oxygen atoms in total. The van der Waals surface area contributed by atoms with Crippen LogP contribution in [0.5, 0.6) is 0 Å². The zero-order valence-electron chi connectivity index (χ0n) is 12.9. The molecular weight excluding hydrogens is 248 g/mol. The summed E-state index contributed by atoms with van der Waals surface area (Å²) in [5.41, 5.74) is 2.22. The molecule has 20 heavy (non-hydrogen) atoms. The molecule has 1 saturated heterocycles. The fourth-order valence-corrected chi connectivity index (χ4v) is 2.71. The predicted octanol–water partition coefficient (Wildman–Crippen LogP) is 4.46. The van der Waals surface area contributed by atoms with Gasteiger partial charge in [-0.1, -0.05) is 32.9 Å². The van der Waals surface area contributed by atoms with Crippen LogP contribution >= 0.6 is 0 Å². The minimum absolute atomic E-state index is 0.0350. The Hall–Kier alpha value is -1.51. The molecule has 0 saturated carbocycles. The van der Waals surface area contributed by atoms with Gasteiger partial charge >= 0.3 is 6.03 Å². The van der Waals surface area contributed by atoms with Crippen molar-refractivity contribution in [3.63, 3.8) is 0 Å². The van der Waals surface area contributed by atoms with Crippen molar-refractivity contribution in [1.29, 1.82) is 0 Å². The summed E-state index contributed by atoms with van der Waals surface area (Å²) >= 11 is 0. The van der Waals surface area contributed by atoms with Crippen molar-refractivity contribution in [3.8, 4) is 0 Å². The van der Waals surface area contributed by atoms with Gasteiger partial charge < -0.3 is 10.2 Å². The Kier molecular flexibility index (Phi) is 5.05. The number of carbonyl (C=O) groups is 1. The third-order valence-corrected chi connectivity index (χ3v) is 4.29. The summed E-state index contributed by atoms with van der Waals surface area (Å²) < 4.78 is 0. The minimum Gasteiger partial charge on any atom is -0.324 e. The zero-order chi connectivity index (χ0) is 14.5. The average Bonchev–Trinajstić information content (AvgIpc) is 2.47. The monoisotopic (exact) mass is 274 g/mol. The number of anilines is 1. The van der Waals surface area contributed by atoms with Gasteiger partial charge in [0.15, 0.2) is 0 Å². The first-order valence-corrected chi connectivity index (χ1v) is 7.76. The maximum absolute atomic E-state index is 12.2. The molecule has 1 aliphatic heterocycles. The molecule has 1 heterocycles. The lowest BCUT2D eigenvalue weighted by Crippen LogP contribution is -2.41. The Morgan fingerprint density at radius 3 is 2.70 bits per heavy atom. The van der Waals surface area contributed by atoms with E-state index < -0.39 is 0 Å². The molecule has 1 aromatic carbocycles. The van der Waals surface area contributed by atoms with Crippen LogP contribution in [0.2, 0.25) is 0 Å². The summed E-state index contributed by atoms with van der Waals surface area (Å²) in [6.07, 6.45) is 3.48. The molecule has 1 aliphatic rings. The summed E-state index contributed by atoms with van der Waals surface area (Å²) in [5, 5.41) is 3.00. The quantitative estimate of drug-likeness (QED) is 0.867. The van der Waals surface area contributed by atoms with Gasteiger partial charge in [-0.2, -0.15) is 0 Å². The first kappa shape index (κ1) is 14.9. The molecule has 1 fully saturated rings. The van der Waals surface area contributed by atoms with Gasteiger partial charge in [-0.05, 0) is 48.8 Å². The number of amides is 2. The Balaban J connectivity index is 1.94. The van der Waals surface area contributed by atoms with Crippen LogP contribution in [0, 0.1) is 5.92 Å². The van der Waals surface area contributed by atoms with Gasteiger partial charge in [-0.15, -0.1) is 0 Å². The van der Waals surface area contributed by atoms with E-state index in [9.17, 15) is 4.79 Å². The Morgan fingerprint density at radius 1 is 1.40 bits per heavy atom. The number of hydrogen-bond donors (Lipinski definition) is 1. The molecule has 0 spiro atoms. The molecule has 2 atom stereocenters. The minimum atomic E-state index is 0.0350. The smallest absolute Gasteiger partial charge is 0.321 e. The molecule has 0 unspecified atom stereocenters. The molecule has 1 aromatic rings. The molecule has 0 radical (unpaired) electrons. The van der Waals surface area contributed by atoms with Crippen LogP contribution in [0.15, 0.2) is 24.3 Å². The van der Waals surface area contributed by atoms with Crippen molar-refractivity contribution in [2.75, 3.05) is 18.4 Å². The Labute approximate surface area is 122 Å². The Bertz CT molecular complexity index is 441. The molecule has 1 N–H and O–H groups in total. The van der Waals surface area contributed by atoms with Crippen LogP contribution in [0.4, 0.5) is 10.5 Å². The number of rotatable bonds is 3. The Morgan fingerprint density at radius 2 is 2.10 bits per heavy atom. The number of carbonyl (C=O) groups excluding carboxylic acids is 1. The third-order valence-electron chi connectivity index (χ3n) is 4.29. The topological polar surface area (TPSA) is 32.3 Å². The summed E-state index contributed by atoms with van der Waals surface area (Å²) in [6.45, 7) is 8.37. The number of piperidine rings is 1. The number of benzene rings is 1. The molecule has 2 rings (SSSR count). The third kappa shape index (κ3) is 3.75. The molecule has 3 heteroatoms. The van der Waals surface area contributed by atoms with Gasteiger partial charge in [0.1, 0.15) is 0 Å². The first-order valence-electron chi connectivity index (χ1n) is 7.76. The predicted molar refractivity (Wildman–Crippen MR) is 84.1 cm³/mol. The van der Waals surface area contributed by atoms with Gasteiger partial charge in [0, 0.05) is 18.8 Å². The van der Waals surface area contributed by atoms with Gasteiger partial charge in [0.05, 0.1) is 0 Å². The zero-order valence-corrected chi connectivity index (χ0v) is 12.9. The fourth-order valence-electron chi connectivity index (χ4n) is 2.71. The van der Waals surface area contributed by atoms with E-state index in [0.717, 1.165) is 31.6 Å².